The van der Waals surface area contributed by atoms with Gasteiger partial charge < -0.3 is 20.3 Å². The Morgan fingerprint density at radius 2 is 1.81 bits per heavy atom. The van der Waals surface area contributed by atoms with Crippen molar-refractivity contribution in [2.75, 3.05) is 32.7 Å². The lowest BCUT2D eigenvalue weighted by Gasteiger charge is -2.36. The standard InChI is InChI=1S/C18H26F2N4O2/c1-18(2,3)26-17(25)24-10-8-23(9-11-24)16(21)22-7-6-13-12-14(19)4-5-15(13)20/h4-5,12H,6-11H2,1-3H3,(H2,21,22). The predicted molar refractivity (Wildman–Crippen MR) is 95.9 cm³/mol. The topological polar surface area (TPSA) is 71.2 Å². The number of benzene rings is 1. The van der Waals surface area contributed by atoms with Crippen LogP contribution in [0.15, 0.2) is 23.2 Å². The largest absolute Gasteiger partial charge is 0.444 e. The summed E-state index contributed by atoms with van der Waals surface area (Å²) >= 11 is 0. The van der Waals surface area contributed by atoms with E-state index in [1.54, 1.807) is 4.90 Å². The van der Waals surface area contributed by atoms with Gasteiger partial charge in [-0.05, 0) is 51.0 Å². The summed E-state index contributed by atoms with van der Waals surface area (Å²) in [4.78, 5) is 19.8. The molecule has 1 aliphatic rings. The molecule has 0 aromatic heterocycles. The number of piperazine rings is 1. The Morgan fingerprint density at radius 1 is 1.19 bits per heavy atom. The number of guanidine groups is 1. The molecule has 2 rings (SSSR count). The number of carbonyl (C=O) groups excluding carboxylic acids is 1. The Labute approximate surface area is 152 Å². The number of amides is 1. The molecule has 1 aromatic carbocycles. The number of carbonyl (C=O) groups is 1. The maximum atomic E-state index is 13.6. The van der Waals surface area contributed by atoms with Crippen molar-refractivity contribution in [3.63, 3.8) is 0 Å². The molecule has 0 saturated carbocycles. The summed E-state index contributed by atoms with van der Waals surface area (Å²) in [5, 5.41) is 0. The van der Waals surface area contributed by atoms with E-state index in [-0.39, 0.29) is 24.6 Å². The first-order chi connectivity index (χ1) is 12.2. The fourth-order valence-electron chi connectivity index (χ4n) is 2.57. The zero-order valence-electron chi connectivity index (χ0n) is 15.5. The van der Waals surface area contributed by atoms with Gasteiger partial charge in [0.2, 0.25) is 0 Å². The highest BCUT2D eigenvalue weighted by Crippen LogP contribution is 2.12. The average molecular weight is 368 g/mol. The van der Waals surface area contributed by atoms with Crippen molar-refractivity contribution < 1.29 is 18.3 Å². The van der Waals surface area contributed by atoms with Crippen molar-refractivity contribution in [2.45, 2.75) is 32.8 Å². The Bertz CT molecular complexity index is 666. The number of nitrogens with two attached hydrogens (primary N) is 1. The molecule has 26 heavy (non-hydrogen) atoms. The lowest BCUT2D eigenvalue weighted by Crippen LogP contribution is -2.53. The lowest BCUT2D eigenvalue weighted by atomic mass is 10.1. The van der Waals surface area contributed by atoms with Gasteiger partial charge >= 0.3 is 6.09 Å². The summed E-state index contributed by atoms with van der Waals surface area (Å²) in [6, 6.07) is 3.36. The van der Waals surface area contributed by atoms with Crippen LogP contribution >= 0.6 is 0 Å². The van der Waals surface area contributed by atoms with Gasteiger partial charge in [-0.25, -0.2) is 13.6 Å². The second kappa shape index (κ2) is 8.33. The Balaban J connectivity index is 1.82. The van der Waals surface area contributed by atoms with Gasteiger partial charge in [0.15, 0.2) is 5.96 Å². The van der Waals surface area contributed by atoms with Gasteiger partial charge in [0.1, 0.15) is 17.2 Å². The molecule has 0 aliphatic carbocycles. The van der Waals surface area contributed by atoms with E-state index in [9.17, 15) is 13.6 Å². The molecule has 0 atom stereocenters. The smallest absolute Gasteiger partial charge is 0.410 e. The van der Waals surface area contributed by atoms with Gasteiger partial charge in [-0.1, -0.05) is 0 Å². The molecule has 1 heterocycles. The second-order valence-corrected chi connectivity index (χ2v) is 7.18. The SMILES string of the molecule is CC(C)(C)OC(=O)N1CCN(C(N)=NCCc2cc(F)ccc2F)CC1. The second-order valence-electron chi connectivity index (χ2n) is 7.18. The average Bonchev–Trinajstić information content (AvgIpc) is 2.56. The van der Waals surface area contributed by atoms with E-state index in [0.29, 0.717) is 32.1 Å². The third kappa shape index (κ3) is 5.86. The molecule has 1 aromatic rings. The molecule has 1 saturated heterocycles. The van der Waals surface area contributed by atoms with Gasteiger partial charge in [0.05, 0.1) is 0 Å². The maximum absolute atomic E-state index is 13.6. The molecule has 0 spiro atoms. The minimum Gasteiger partial charge on any atom is -0.444 e. The van der Waals surface area contributed by atoms with Gasteiger partial charge in [0, 0.05) is 32.7 Å². The van der Waals surface area contributed by atoms with Crippen LogP contribution in [0.4, 0.5) is 13.6 Å². The third-order valence-electron chi connectivity index (χ3n) is 3.92. The summed E-state index contributed by atoms with van der Waals surface area (Å²) in [6.45, 7) is 7.81. The van der Waals surface area contributed by atoms with Crippen molar-refractivity contribution in [3.8, 4) is 0 Å². The molecular weight excluding hydrogens is 342 g/mol. The van der Waals surface area contributed by atoms with Gasteiger partial charge in [-0.2, -0.15) is 0 Å². The summed E-state index contributed by atoms with van der Waals surface area (Å²) < 4.78 is 32.1. The number of aliphatic imine (C=N–C) groups is 1. The van der Waals surface area contributed by atoms with Crippen LogP contribution in [0.2, 0.25) is 0 Å². The van der Waals surface area contributed by atoms with E-state index in [4.69, 9.17) is 10.5 Å². The molecule has 0 bridgehead atoms. The molecule has 2 N–H and O–H groups in total. The van der Waals surface area contributed by atoms with Gasteiger partial charge in [-0.15, -0.1) is 0 Å². The zero-order chi connectivity index (χ0) is 19.3. The highest BCUT2D eigenvalue weighted by molar-refractivity contribution is 5.78. The lowest BCUT2D eigenvalue weighted by molar-refractivity contribution is 0.0186. The predicted octanol–water partition coefficient (Wildman–Crippen LogP) is 2.37. The minimum atomic E-state index is -0.527. The quantitative estimate of drug-likeness (QED) is 0.657. The Hall–Kier alpha value is -2.38. The van der Waals surface area contributed by atoms with Crippen molar-refractivity contribution >= 4 is 12.1 Å². The first-order valence-corrected chi connectivity index (χ1v) is 8.62. The number of hydrogen-bond acceptors (Lipinski definition) is 3. The zero-order valence-corrected chi connectivity index (χ0v) is 15.5. The molecule has 6 nitrogen and oxygen atoms in total. The molecule has 0 radical (unpaired) electrons. The first-order valence-electron chi connectivity index (χ1n) is 8.62. The normalized spacial score (nSPS) is 16.0. The van der Waals surface area contributed by atoms with E-state index in [1.807, 2.05) is 25.7 Å². The summed E-state index contributed by atoms with van der Waals surface area (Å²) in [6.07, 6.45) is -0.0726. The van der Waals surface area contributed by atoms with Crippen molar-refractivity contribution in [1.29, 1.82) is 0 Å². The number of halogens is 2. The molecule has 1 aliphatic heterocycles. The highest BCUT2D eigenvalue weighted by Gasteiger charge is 2.26. The van der Waals surface area contributed by atoms with Crippen molar-refractivity contribution in [1.82, 2.24) is 9.80 Å². The first kappa shape index (κ1) is 19.9. The highest BCUT2D eigenvalue weighted by atomic mass is 19.1. The fraction of sp³-hybridized carbons (Fsp3) is 0.556. The van der Waals surface area contributed by atoms with E-state index in [2.05, 4.69) is 4.99 Å². The fourth-order valence-corrected chi connectivity index (χ4v) is 2.57. The molecule has 1 amide bonds. The van der Waals surface area contributed by atoms with Crippen LogP contribution in [0.25, 0.3) is 0 Å². The number of nitrogens with zero attached hydrogens (tertiary/aromatic N) is 3. The molecule has 0 unspecified atom stereocenters. The van der Waals surface area contributed by atoms with Crippen LogP contribution in [-0.2, 0) is 11.2 Å². The number of hydrogen-bond donors (Lipinski definition) is 1. The molecule has 8 heteroatoms. The van der Waals surface area contributed by atoms with Gasteiger partial charge in [0.25, 0.3) is 0 Å². The van der Waals surface area contributed by atoms with Crippen LogP contribution in [0, 0.1) is 11.6 Å². The number of ether oxygens (including phenoxy) is 1. The Kier molecular flexibility index (Phi) is 6.39. The maximum Gasteiger partial charge on any atom is 0.410 e. The summed E-state index contributed by atoms with van der Waals surface area (Å²) in [5.74, 6) is -0.589. The van der Waals surface area contributed by atoms with E-state index in [0.717, 1.165) is 12.1 Å². The van der Waals surface area contributed by atoms with Crippen LogP contribution in [-0.4, -0.2) is 60.2 Å². The van der Waals surface area contributed by atoms with Crippen molar-refractivity contribution in [3.05, 3.63) is 35.4 Å². The van der Waals surface area contributed by atoms with Crippen LogP contribution in [0.3, 0.4) is 0 Å². The molecule has 1 fully saturated rings. The van der Waals surface area contributed by atoms with Crippen molar-refractivity contribution in [2.24, 2.45) is 10.7 Å². The van der Waals surface area contributed by atoms with E-state index < -0.39 is 17.2 Å². The van der Waals surface area contributed by atoms with Crippen LogP contribution in [0.1, 0.15) is 26.3 Å². The minimum absolute atomic E-state index is 0.262. The Morgan fingerprint density at radius 3 is 2.42 bits per heavy atom. The van der Waals surface area contributed by atoms with Crippen LogP contribution in [0.5, 0.6) is 0 Å². The van der Waals surface area contributed by atoms with Gasteiger partial charge in [-0.3, -0.25) is 4.99 Å². The molecular formula is C18H26F2N4O2. The third-order valence-corrected chi connectivity index (χ3v) is 3.92. The monoisotopic (exact) mass is 368 g/mol. The summed E-state index contributed by atoms with van der Waals surface area (Å²) in [5.41, 5.74) is 5.72. The number of rotatable bonds is 3. The van der Waals surface area contributed by atoms with E-state index in [1.165, 1.54) is 6.07 Å². The van der Waals surface area contributed by atoms with E-state index >= 15 is 0 Å². The molecule has 144 valence electrons. The summed E-state index contributed by atoms with van der Waals surface area (Å²) in [7, 11) is 0. The van der Waals surface area contributed by atoms with Crippen LogP contribution < -0.4 is 5.73 Å².